The molecule has 5 unspecified atom stereocenters. The first-order valence-electron chi connectivity index (χ1n) is 16.7. The summed E-state index contributed by atoms with van der Waals surface area (Å²) in [5, 5.41) is -0.0372. The van der Waals surface area contributed by atoms with Crippen LogP contribution in [0.15, 0.2) is 121 Å². The van der Waals surface area contributed by atoms with Crippen LogP contribution in [0.25, 0.3) is 0 Å². The van der Waals surface area contributed by atoms with Crippen molar-refractivity contribution in [3.05, 3.63) is 144 Å². The van der Waals surface area contributed by atoms with E-state index in [0.717, 1.165) is 20.9 Å². The molecule has 0 aromatic heterocycles. The van der Waals surface area contributed by atoms with Crippen molar-refractivity contribution >= 4 is 46.1 Å². The fraction of sp³-hybridized carbons (Fsp3) is 0.333. The number of thiocarbonyl (C=S) groups is 1. The summed E-state index contributed by atoms with van der Waals surface area (Å²) in [7, 11) is 4.03. The molecule has 8 heteroatoms. The number of esters is 3. The Balaban J connectivity index is 1.75. The third-order valence-electron chi connectivity index (χ3n) is 9.38. The van der Waals surface area contributed by atoms with Crippen LogP contribution in [0, 0.1) is 10.8 Å². The van der Waals surface area contributed by atoms with Gasteiger partial charge in [-0.2, -0.15) is 0 Å². The van der Waals surface area contributed by atoms with Crippen molar-refractivity contribution in [2.75, 3.05) is 21.3 Å². The van der Waals surface area contributed by atoms with Crippen LogP contribution in [0.4, 0.5) is 0 Å². The highest BCUT2D eigenvalue weighted by Gasteiger charge is 2.49. The number of hydrogen-bond acceptors (Lipinski definition) is 8. The van der Waals surface area contributed by atoms with E-state index in [9.17, 15) is 14.4 Å². The summed E-state index contributed by atoms with van der Waals surface area (Å²) < 4.78 is 16.8. The molecule has 4 rings (SSSR count). The molecule has 262 valence electrons. The Kier molecular flexibility index (Phi) is 14.0. The molecular weight excluding hydrogens is 665 g/mol. The standard InChI is InChI=1S/C42H46O6S2/c1-41(39(44)47-4,29-42(2,40(45)48-5)28-35(37(43)46-3)31-20-12-7-13-21-31)27-34(30-18-10-6-11-19-30)26-36(32-22-14-8-15-23-32)50-38(49)33-24-16-9-17-25-33/h6-25,34-36H,26-29H2,1-5H3. The van der Waals surface area contributed by atoms with Crippen molar-refractivity contribution in [2.45, 2.75) is 56.6 Å². The average molecular weight is 711 g/mol. The molecule has 0 amide bonds. The first-order valence-corrected chi connectivity index (χ1v) is 18.0. The lowest BCUT2D eigenvalue weighted by Crippen LogP contribution is -2.42. The van der Waals surface area contributed by atoms with Crippen LogP contribution in [-0.2, 0) is 28.6 Å². The van der Waals surface area contributed by atoms with Gasteiger partial charge in [0.1, 0.15) is 0 Å². The lowest BCUT2D eigenvalue weighted by atomic mass is 9.64. The Morgan fingerprint density at radius 1 is 0.620 bits per heavy atom. The number of ether oxygens (including phenoxy) is 3. The smallest absolute Gasteiger partial charge is 0.313 e. The lowest BCUT2D eigenvalue weighted by molar-refractivity contribution is -0.162. The van der Waals surface area contributed by atoms with Crippen molar-refractivity contribution < 1.29 is 28.6 Å². The third kappa shape index (κ3) is 9.92. The fourth-order valence-corrected chi connectivity index (χ4v) is 8.62. The van der Waals surface area contributed by atoms with Crippen molar-refractivity contribution in [3.63, 3.8) is 0 Å². The van der Waals surface area contributed by atoms with Gasteiger partial charge in [-0.1, -0.05) is 134 Å². The first kappa shape index (κ1) is 38.5. The highest BCUT2D eigenvalue weighted by molar-refractivity contribution is 8.23. The minimum Gasteiger partial charge on any atom is -0.469 e. The molecule has 0 heterocycles. The number of thioether (sulfide) groups is 1. The van der Waals surface area contributed by atoms with Crippen molar-refractivity contribution in [3.8, 4) is 0 Å². The third-order valence-corrected chi connectivity index (χ3v) is 11.1. The molecule has 0 radical (unpaired) electrons. The number of rotatable bonds is 16. The van der Waals surface area contributed by atoms with E-state index in [1.807, 2.05) is 104 Å². The van der Waals surface area contributed by atoms with E-state index in [4.69, 9.17) is 26.4 Å². The number of carbonyl (C=O) groups excluding carboxylic acids is 3. The van der Waals surface area contributed by atoms with Crippen LogP contribution in [0.5, 0.6) is 0 Å². The van der Waals surface area contributed by atoms with Gasteiger partial charge in [0.2, 0.25) is 0 Å². The Labute approximate surface area is 305 Å². The summed E-state index contributed by atoms with van der Waals surface area (Å²) in [6, 6.07) is 39.6. The molecule has 5 atom stereocenters. The lowest BCUT2D eigenvalue weighted by Gasteiger charge is -2.39. The quantitative estimate of drug-likeness (QED) is 0.0647. The number of benzene rings is 4. The van der Waals surface area contributed by atoms with Crippen LogP contribution >= 0.6 is 24.0 Å². The van der Waals surface area contributed by atoms with Gasteiger partial charge in [0, 0.05) is 5.25 Å². The summed E-state index contributed by atoms with van der Waals surface area (Å²) in [6.07, 6.45) is 1.18. The summed E-state index contributed by atoms with van der Waals surface area (Å²) >= 11 is 7.60. The molecule has 0 saturated heterocycles. The molecule has 6 nitrogen and oxygen atoms in total. The molecule has 0 N–H and O–H groups in total. The Morgan fingerprint density at radius 2 is 1.06 bits per heavy atom. The van der Waals surface area contributed by atoms with Crippen LogP contribution in [0.2, 0.25) is 0 Å². The molecule has 0 aliphatic carbocycles. The average Bonchev–Trinajstić information content (AvgIpc) is 3.16. The van der Waals surface area contributed by atoms with Crippen molar-refractivity contribution in [1.82, 2.24) is 0 Å². The van der Waals surface area contributed by atoms with E-state index in [2.05, 4.69) is 24.3 Å². The highest BCUT2D eigenvalue weighted by atomic mass is 32.2. The van der Waals surface area contributed by atoms with Gasteiger partial charge < -0.3 is 14.2 Å². The summed E-state index contributed by atoms with van der Waals surface area (Å²) in [5.41, 5.74) is 1.48. The SMILES string of the molecule is COC(=O)C(CC(C)(CC(C)(CC(CC(SC(=S)c1ccccc1)c1ccccc1)c1ccccc1)C(=O)OC)C(=O)OC)c1ccccc1. The highest BCUT2D eigenvalue weighted by Crippen LogP contribution is 2.50. The topological polar surface area (TPSA) is 78.9 Å². The van der Waals surface area contributed by atoms with E-state index >= 15 is 0 Å². The summed E-state index contributed by atoms with van der Waals surface area (Å²) in [4.78, 5) is 40.9. The second-order valence-electron chi connectivity index (χ2n) is 13.2. The molecule has 0 aliphatic rings. The molecule has 0 bridgehead atoms. The van der Waals surface area contributed by atoms with Crippen LogP contribution in [0.1, 0.15) is 78.9 Å². The van der Waals surface area contributed by atoms with Gasteiger partial charge in [-0.05, 0) is 67.7 Å². The second-order valence-corrected chi connectivity index (χ2v) is 15.1. The fourth-order valence-electron chi connectivity index (χ4n) is 6.98. The zero-order chi connectivity index (χ0) is 36.1. The predicted molar refractivity (Wildman–Crippen MR) is 204 cm³/mol. The van der Waals surface area contributed by atoms with Crippen LogP contribution < -0.4 is 0 Å². The van der Waals surface area contributed by atoms with Crippen molar-refractivity contribution in [2.24, 2.45) is 10.8 Å². The molecule has 50 heavy (non-hydrogen) atoms. The maximum atomic E-state index is 14.0. The van der Waals surface area contributed by atoms with Crippen LogP contribution in [0.3, 0.4) is 0 Å². The normalized spacial score (nSPS) is 15.3. The number of methoxy groups -OCH3 is 3. The van der Waals surface area contributed by atoms with Crippen LogP contribution in [-0.4, -0.2) is 43.4 Å². The van der Waals surface area contributed by atoms with Gasteiger partial charge in [0.05, 0.1) is 42.3 Å². The van der Waals surface area contributed by atoms with E-state index < -0.39 is 34.7 Å². The molecule has 0 spiro atoms. The maximum absolute atomic E-state index is 14.0. The van der Waals surface area contributed by atoms with Gasteiger partial charge in [0.15, 0.2) is 0 Å². The van der Waals surface area contributed by atoms with E-state index in [1.54, 1.807) is 18.7 Å². The maximum Gasteiger partial charge on any atom is 0.313 e. The predicted octanol–water partition coefficient (Wildman–Crippen LogP) is 9.50. The minimum absolute atomic E-state index is 0.0372. The van der Waals surface area contributed by atoms with E-state index in [-0.39, 0.29) is 24.0 Å². The zero-order valence-electron chi connectivity index (χ0n) is 29.4. The van der Waals surface area contributed by atoms with Gasteiger partial charge in [-0.3, -0.25) is 14.4 Å². The second kappa shape index (κ2) is 18.1. The minimum atomic E-state index is -1.25. The molecule has 4 aromatic rings. The van der Waals surface area contributed by atoms with Gasteiger partial charge in [-0.15, -0.1) is 11.8 Å². The van der Waals surface area contributed by atoms with Gasteiger partial charge in [0.25, 0.3) is 0 Å². The molecule has 0 fully saturated rings. The molecular formula is C42H46O6S2. The Morgan fingerprint density at radius 3 is 1.54 bits per heavy atom. The zero-order valence-corrected chi connectivity index (χ0v) is 31.0. The van der Waals surface area contributed by atoms with Gasteiger partial charge >= 0.3 is 17.9 Å². The molecule has 0 saturated carbocycles. The van der Waals surface area contributed by atoms with E-state index in [1.165, 1.54) is 21.3 Å². The van der Waals surface area contributed by atoms with E-state index in [0.29, 0.717) is 18.4 Å². The molecule has 4 aromatic carbocycles. The number of hydrogen-bond donors (Lipinski definition) is 0. The Bertz CT molecular complexity index is 1700. The van der Waals surface area contributed by atoms with Gasteiger partial charge in [-0.25, -0.2) is 0 Å². The summed E-state index contributed by atoms with van der Waals surface area (Å²) in [5.74, 6) is -2.31. The van der Waals surface area contributed by atoms with Crippen molar-refractivity contribution in [1.29, 1.82) is 0 Å². The monoisotopic (exact) mass is 710 g/mol. The molecule has 0 aliphatic heterocycles. The Hall–Kier alpha value is -4.27. The largest absolute Gasteiger partial charge is 0.469 e. The first-order chi connectivity index (χ1) is 24.0. The summed E-state index contributed by atoms with van der Waals surface area (Å²) in [6.45, 7) is 3.61. The number of carbonyl (C=O) groups is 3.